The first-order chi connectivity index (χ1) is 10.2. The fourth-order valence-corrected chi connectivity index (χ4v) is 3.17. The van der Waals surface area contributed by atoms with Gasteiger partial charge in [-0.05, 0) is 56.5 Å². The van der Waals surface area contributed by atoms with Gasteiger partial charge in [-0.2, -0.15) is 0 Å². The van der Waals surface area contributed by atoms with Crippen molar-refractivity contribution in [2.75, 3.05) is 33.9 Å². The van der Waals surface area contributed by atoms with Crippen LogP contribution in [0.1, 0.15) is 37.8 Å². The van der Waals surface area contributed by atoms with E-state index in [1.807, 2.05) is 12.1 Å². The molecule has 0 aromatic heterocycles. The Labute approximate surface area is 128 Å². The third-order valence-electron chi connectivity index (χ3n) is 4.51. The van der Waals surface area contributed by atoms with E-state index in [0.29, 0.717) is 6.54 Å². The predicted molar refractivity (Wildman–Crippen MR) is 85.9 cm³/mol. The standard InChI is InChI=1S/C17H28N2O2/c1-13-5-4-9-19(10-8-13)16(12-18)15-11-14(20-2)6-7-17(15)21-3/h6-7,11,13,16H,4-5,8-10,12,18H2,1-3H3. The van der Waals surface area contributed by atoms with Crippen molar-refractivity contribution < 1.29 is 9.47 Å². The highest BCUT2D eigenvalue weighted by molar-refractivity contribution is 5.42. The summed E-state index contributed by atoms with van der Waals surface area (Å²) in [6.07, 6.45) is 3.79. The third-order valence-corrected chi connectivity index (χ3v) is 4.51. The van der Waals surface area contributed by atoms with E-state index in [0.717, 1.165) is 36.1 Å². The van der Waals surface area contributed by atoms with Crippen LogP contribution in [0.25, 0.3) is 0 Å². The lowest BCUT2D eigenvalue weighted by molar-refractivity contribution is 0.203. The minimum absolute atomic E-state index is 0.195. The molecule has 2 unspecified atom stereocenters. The number of hydrogen-bond donors (Lipinski definition) is 1. The molecule has 0 amide bonds. The van der Waals surface area contributed by atoms with Gasteiger partial charge in [-0.3, -0.25) is 4.90 Å². The van der Waals surface area contributed by atoms with E-state index < -0.39 is 0 Å². The van der Waals surface area contributed by atoms with E-state index in [-0.39, 0.29) is 6.04 Å². The van der Waals surface area contributed by atoms with E-state index in [4.69, 9.17) is 15.2 Å². The molecule has 118 valence electrons. The van der Waals surface area contributed by atoms with Crippen LogP contribution < -0.4 is 15.2 Å². The van der Waals surface area contributed by atoms with Gasteiger partial charge in [0.25, 0.3) is 0 Å². The van der Waals surface area contributed by atoms with Crippen molar-refractivity contribution in [3.8, 4) is 11.5 Å². The molecule has 0 radical (unpaired) electrons. The predicted octanol–water partition coefficient (Wildman–Crippen LogP) is 2.83. The van der Waals surface area contributed by atoms with Crippen molar-refractivity contribution in [2.24, 2.45) is 11.7 Å². The molecule has 2 N–H and O–H groups in total. The highest BCUT2D eigenvalue weighted by Crippen LogP contribution is 2.33. The maximum atomic E-state index is 6.10. The maximum Gasteiger partial charge on any atom is 0.123 e. The van der Waals surface area contributed by atoms with Crippen LogP contribution in [-0.2, 0) is 0 Å². The molecule has 1 fully saturated rings. The smallest absolute Gasteiger partial charge is 0.123 e. The lowest BCUT2D eigenvalue weighted by Gasteiger charge is -2.31. The normalized spacial score (nSPS) is 21.6. The summed E-state index contributed by atoms with van der Waals surface area (Å²) in [5.74, 6) is 2.55. The van der Waals surface area contributed by atoms with E-state index in [1.165, 1.54) is 19.3 Å². The van der Waals surface area contributed by atoms with Gasteiger partial charge in [0.05, 0.1) is 20.3 Å². The Morgan fingerprint density at radius 2 is 2.05 bits per heavy atom. The average molecular weight is 292 g/mol. The van der Waals surface area contributed by atoms with E-state index >= 15 is 0 Å². The fourth-order valence-electron chi connectivity index (χ4n) is 3.17. The summed E-state index contributed by atoms with van der Waals surface area (Å²) in [4.78, 5) is 2.50. The van der Waals surface area contributed by atoms with Crippen LogP contribution in [0.2, 0.25) is 0 Å². The van der Waals surface area contributed by atoms with Crippen LogP contribution in [0, 0.1) is 5.92 Å². The first-order valence-corrected chi connectivity index (χ1v) is 7.85. The Balaban J connectivity index is 2.27. The monoisotopic (exact) mass is 292 g/mol. The van der Waals surface area contributed by atoms with Gasteiger partial charge in [-0.15, -0.1) is 0 Å². The van der Waals surface area contributed by atoms with E-state index in [1.54, 1.807) is 14.2 Å². The molecule has 0 saturated carbocycles. The van der Waals surface area contributed by atoms with Crippen LogP contribution in [0.5, 0.6) is 11.5 Å². The molecule has 4 nitrogen and oxygen atoms in total. The molecule has 1 aromatic rings. The first-order valence-electron chi connectivity index (χ1n) is 7.85. The number of ether oxygens (including phenoxy) is 2. The number of likely N-dealkylation sites (tertiary alicyclic amines) is 1. The number of nitrogens with two attached hydrogens (primary N) is 1. The van der Waals surface area contributed by atoms with E-state index in [2.05, 4.69) is 17.9 Å². The molecular weight excluding hydrogens is 264 g/mol. The topological polar surface area (TPSA) is 47.7 Å². The van der Waals surface area contributed by atoms with Gasteiger partial charge in [0, 0.05) is 12.1 Å². The third kappa shape index (κ3) is 3.89. The van der Waals surface area contributed by atoms with Crippen LogP contribution >= 0.6 is 0 Å². The zero-order chi connectivity index (χ0) is 15.2. The molecule has 0 spiro atoms. The van der Waals surface area contributed by atoms with Crippen molar-refractivity contribution in [3.05, 3.63) is 23.8 Å². The van der Waals surface area contributed by atoms with Crippen molar-refractivity contribution >= 4 is 0 Å². The van der Waals surface area contributed by atoms with Gasteiger partial charge in [-0.1, -0.05) is 6.92 Å². The molecule has 1 heterocycles. The zero-order valence-corrected chi connectivity index (χ0v) is 13.5. The van der Waals surface area contributed by atoms with Crippen molar-refractivity contribution in [1.29, 1.82) is 0 Å². The number of hydrogen-bond acceptors (Lipinski definition) is 4. The summed E-state index contributed by atoms with van der Waals surface area (Å²) in [6, 6.07) is 6.16. The van der Waals surface area contributed by atoms with Gasteiger partial charge in [0.1, 0.15) is 11.5 Å². The van der Waals surface area contributed by atoms with E-state index in [9.17, 15) is 0 Å². The van der Waals surface area contributed by atoms with Gasteiger partial charge in [0.15, 0.2) is 0 Å². The second-order valence-electron chi connectivity index (χ2n) is 5.93. The molecule has 1 aliphatic rings. The summed E-state index contributed by atoms with van der Waals surface area (Å²) < 4.78 is 10.9. The second kappa shape index (κ2) is 7.66. The largest absolute Gasteiger partial charge is 0.497 e. The van der Waals surface area contributed by atoms with Gasteiger partial charge >= 0.3 is 0 Å². The van der Waals surface area contributed by atoms with Gasteiger partial charge < -0.3 is 15.2 Å². The molecule has 0 bridgehead atoms. The Morgan fingerprint density at radius 3 is 2.71 bits per heavy atom. The second-order valence-corrected chi connectivity index (χ2v) is 5.93. The summed E-state index contributed by atoms with van der Waals surface area (Å²) in [5, 5.41) is 0. The number of methoxy groups -OCH3 is 2. The molecule has 4 heteroatoms. The molecule has 1 aliphatic heterocycles. The lowest BCUT2D eigenvalue weighted by Crippen LogP contribution is -2.35. The average Bonchev–Trinajstić information content (AvgIpc) is 2.73. The Kier molecular flexibility index (Phi) is 5.88. The fraction of sp³-hybridized carbons (Fsp3) is 0.647. The quantitative estimate of drug-likeness (QED) is 0.906. The number of nitrogens with zero attached hydrogens (tertiary/aromatic N) is 1. The highest BCUT2D eigenvalue weighted by atomic mass is 16.5. The molecule has 2 rings (SSSR count). The van der Waals surface area contributed by atoms with Crippen LogP contribution in [0.3, 0.4) is 0 Å². The summed E-state index contributed by atoms with van der Waals surface area (Å²) in [5.41, 5.74) is 7.23. The minimum atomic E-state index is 0.195. The zero-order valence-electron chi connectivity index (χ0n) is 13.5. The molecular formula is C17H28N2O2. The SMILES string of the molecule is COc1ccc(OC)c(C(CN)N2CCCC(C)CC2)c1. The Bertz CT molecular complexity index is 450. The van der Waals surface area contributed by atoms with Crippen LogP contribution in [-0.4, -0.2) is 38.8 Å². The van der Waals surface area contributed by atoms with Crippen molar-refractivity contribution in [2.45, 2.75) is 32.2 Å². The molecule has 1 aromatic carbocycles. The van der Waals surface area contributed by atoms with Crippen molar-refractivity contribution in [1.82, 2.24) is 4.90 Å². The minimum Gasteiger partial charge on any atom is -0.497 e. The van der Waals surface area contributed by atoms with Gasteiger partial charge in [0.2, 0.25) is 0 Å². The summed E-state index contributed by atoms with van der Waals surface area (Å²) in [6.45, 7) is 5.14. The van der Waals surface area contributed by atoms with Crippen LogP contribution in [0.4, 0.5) is 0 Å². The summed E-state index contributed by atoms with van der Waals surface area (Å²) in [7, 11) is 3.40. The lowest BCUT2D eigenvalue weighted by atomic mass is 10.0. The molecule has 2 atom stereocenters. The molecule has 21 heavy (non-hydrogen) atoms. The number of benzene rings is 1. The molecule has 1 saturated heterocycles. The Morgan fingerprint density at radius 1 is 1.24 bits per heavy atom. The highest BCUT2D eigenvalue weighted by Gasteiger charge is 2.25. The first kappa shape index (κ1) is 16.1. The molecule has 0 aliphatic carbocycles. The number of rotatable bonds is 5. The van der Waals surface area contributed by atoms with Crippen LogP contribution in [0.15, 0.2) is 18.2 Å². The Hall–Kier alpha value is -1.26. The van der Waals surface area contributed by atoms with Crippen molar-refractivity contribution in [3.63, 3.8) is 0 Å². The maximum absolute atomic E-state index is 6.10. The summed E-state index contributed by atoms with van der Waals surface area (Å²) >= 11 is 0. The van der Waals surface area contributed by atoms with Gasteiger partial charge in [-0.25, -0.2) is 0 Å².